The third-order valence-electron chi connectivity index (χ3n) is 6.30. The van der Waals surface area contributed by atoms with Crippen LogP contribution < -0.4 is 0 Å². The lowest BCUT2D eigenvalue weighted by Gasteiger charge is -2.33. The van der Waals surface area contributed by atoms with E-state index in [4.69, 9.17) is 4.74 Å². The Kier molecular flexibility index (Phi) is 7.94. The van der Waals surface area contributed by atoms with Crippen LogP contribution in [-0.2, 0) is 14.3 Å². The fraction of sp³-hybridized carbons (Fsp3) is 0.625. The van der Waals surface area contributed by atoms with Crippen molar-refractivity contribution in [2.75, 3.05) is 0 Å². The van der Waals surface area contributed by atoms with E-state index in [2.05, 4.69) is 4.98 Å². The maximum absolute atomic E-state index is 12.8. The first-order valence-corrected chi connectivity index (χ1v) is 10.7. The molecule has 0 saturated heterocycles. The van der Waals surface area contributed by atoms with E-state index in [1.807, 2.05) is 39.0 Å². The molecule has 1 aliphatic carbocycles. The normalized spacial score (nSPS) is 20.2. The van der Waals surface area contributed by atoms with Crippen molar-refractivity contribution in [3.8, 4) is 0 Å². The van der Waals surface area contributed by atoms with E-state index in [0.29, 0.717) is 6.42 Å². The Labute approximate surface area is 179 Å². The van der Waals surface area contributed by atoms with Crippen LogP contribution in [0.5, 0.6) is 0 Å². The molecule has 0 spiro atoms. The minimum Gasteiger partial charge on any atom is -0.458 e. The SMILES string of the molecule is CC1=C(c2ccccn2)CCC1OC(=O)CC(O)C(C)(C)C(=O)C(C)C(O)C(C)C. The lowest BCUT2D eigenvalue weighted by atomic mass is 9.73. The Bertz CT molecular complexity index is 784. The number of allylic oxidation sites excluding steroid dienone is 1. The maximum atomic E-state index is 12.8. The number of nitrogens with zero attached hydrogens (tertiary/aromatic N) is 1. The van der Waals surface area contributed by atoms with E-state index in [-0.39, 0.29) is 24.2 Å². The van der Waals surface area contributed by atoms with Crippen LogP contribution in [-0.4, -0.2) is 45.3 Å². The van der Waals surface area contributed by atoms with Crippen LogP contribution in [0.1, 0.15) is 66.5 Å². The first-order valence-electron chi connectivity index (χ1n) is 10.7. The summed E-state index contributed by atoms with van der Waals surface area (Å²) in [7, 11) is 0. The molecule has 166 valence electrons. The second-order valence-electron chi connectivity index (χ2n) is 9.22. The van der Waals surface area contributed by atoms with Gasteiger partial charge in [-0.15, -0.1) is 0 Å². The molecule has 4 atom stereocenters. The molecule has 0 amide bonds. The molecule has 4 unspecified atom stereocenters. The van der Waals surface area contributed by atoms with Gasteiger partial charge in [-0.05, 0) is 49.0 Å². The molecule has 1 aliphatic rings. The van der Waals surface area contributed by atoms with Crippen molar-refractivity contribution < 1.29 is 24.5 Å². The number of aliphatic hydroxyl groups is 2. The number of aromatic nitrogens is 1. The molecule has 6 nitrogen and oxygen atoms in total. The molecule has 2 N–H and O–H groups in total. The number of aliphatic hydroxyl groups excluding tert-OH is 2. The molecular weight excluding hydrogens is 382 g/mol. The number of carbonyl (C=O) groups is 2. The van der Waals surface area contributed by atoms with E-state index in [0.717, 1.165) is 23.3 Å². The molecule has 1 heterocycles. The summed E-state index contributed by atoms with van der Waals surface area (Å²) in [5, 5.41) is 20.9. The highest BCUT2D eigenvalue weighted by Gasteiger charge is 2.42. The van der Waals surface area contributed by atoms with Crippen LogP contribution in [0.15, 0.2) is 30.0 Å². The molecule has 0 bridgehead atoms. The van der Waals surface area contributed by atoms with Gasteiger partial charge in [0.25, 0.3) is 0 Å². The summed E-state index contributed by atoms with van der Waals surface area (Å²) in [6, 6.07) is 5.72. The van der Waals surface area contributed by atoms with Gasteiger partial charge in [-0.3, -0.25) is 14.6 Å². The number of rotatable bonds is 9. The lowest BCUT2D eigenvalue weighted by Crippen LogP contribution is -2.45. The number of ketones is 1. The van der Waals surface area contributed by atoms with Crippen LogP contribution in [0.4, 0.5) is 0 Å². The van der Waals surface area contributed by atoms with E-state index >= 15 is 0 Å². The van der Waals surface area contributed by atoms with Gasteiger partial charge in [-0.2, -0.15) is 0 Å². The van der Waals surface area contributed by atoms with Crippen LogP contribution in [0.3, 0.4) is 0 Å². The average Bonchev–Trinajstić information content (AvgIpc) is 3.06. The van der Waals surface area contributed by atoms with Crippen molar-refractivity contribution in [2.24, 2.45) is 17.3 Å². The highest BCUT2D eigenvalue weighted by molar-refractivity contribution is 5.88. The first-order chi connectivity index (χ1) is 14.0. The lowest BCUT2D eigenvalue weighted by molar-refractivity contribution is -0.154. The minimum atomic E-state index is -1.19. The number of pyridine rings is 1. The molecule has 0 aliphatic heterocycles. The Morgan fingerprint density at radius 2 is 1.90 bits per heavy atom. The van der Waals surface area contributed by atoms with Crippen molar-refractivity contribution in [2.45, 2.75) is 79.1 Å². The van der Waals surface area contributed by atoms with Gasteiger partial charge in [0.05, 0.1) is 29.7 Å². The van der Waals surface area contributed by atoms with Crippen LogP contribution in [0.25, 0.3) is 5.57 Å². The summed E-state index contributed by atoms with van der Waals surface area (Å²) in [5.41, 5.74) is 1.77. The van der Waals surface area contributed by atoms with Crippen molar-refractivity contribution in [1.82, 2.24) is 4.98 Å². The molecule has 1 aromatic heterocycles. The third-order valence-corrected chi connectivity index (χ3v) is 6.30. The predicted octanol–water partition coefficient (Wildman–Crippen LogP) is 3.56. The van der Waals surface area contributed by atoms with Gasteiger partial charge >= 0.3 is 5.97 Å². The quantitative estimate of drug-likeness (QED) is 0.597. The minimum absolute atomic E-state index is 0.0766. The second-order valence-corrected chi connectivity index (χ2v) is 9.22. The molecule has 2 rings (SSSR count). The van der Waals surface area contributed by atoms with Crippen LogP contribution >= 0.6 is 0 Å². The summed E-state index contributed by atoms with van der Waals surface area (Å²) >= 11 is 0. The Morgan fingerprint density at radius 1 is 1.23 bits per heavy atom. The Morgan fingerprint density at radius 3 is 2.47 bits per heavy atom. The van der Waals surface area contributed by atoms with Crippen LogP contribution in [0, 0.1) is 17.3 Å². The first kappa shape index (κ1) is 24.2. The molecule has 0 saturated carbocycles. The van der Waals surface area contributed by atoms with E-state index in [1.54, 1.807) is 27.0 Å². The molecular formula is C24H35NO5. The summed E-state index contributed by atoms with van der Waals surface area (Å²) in [6.07, 6.45) is 0.583. The van der Waals surface area contributed by atoms with E-state index in [1.165, 1.54) is 0 Å². The Hall–Kier alpha value is -2.05. The van der Waals surface area contributed by atoms with E-state index in [9.17, 15) is 19.8 Å². The largest absolute Gasteiger partial charge is 0.458 e. The third kappa shape index (κ3) is 5.35. The fourth-order valence-electron chi connectivity index (χ4n) is 4.01. The van der Waals surface area contributed by atoms with Gasteiger partial charge in [0.1, 0.15) is 11.9 Å². The molecule has 1 aromatic rings. The highest BCUT2D eigenvalue weighted by Crippen LogP contribution is 2.35. The summed E-state index contributed by atoms with van der Waals surface area (Å²) in [5.74, 6) is -1.51. The topological polar surface area (TPSA) is 96.7 Å². The van der Waals surface area contributed by atoms with Crippen molar-refractivity contribution in [1.29, 1.82) is 0 Å². The number of ether oxygens (including phenoxy) is 1. The molecule has 6 heteroatoms. The van der Waals surface area contributed by atoms with Crippen LogP contribution in [0.2, 0.25) is 0 Å². The number of hydrogen-bond donors (Lipinski definition) is 2. The number of esters is 1. The van der Waals surface area contributed by atoms with Gasteiger partial charge in [0.15, 0.2) is 0 Å². The number of Topliss-reactive ketones (excluding diaryl/α,β-unsaturated/α-hetero) is 1. The molecule has 0 fully saturated rings. The number of hydrogen-bond acceptors (Lipinski definition) is 6. The summed E-state index contributed by atoms with van der Waals surface area (Å²) in [4.78, 5) is 29.7. The highest BCUT2D eigenvalue weighted by atomic mass is 16.5. The second kappa shape index (κ2) is 9.84. The van der Waals surface area contributed by atoms with Crippen molar-refractivity contribution in [3.63, 3.8) is 0 Å². The number of carbonyl (C=O) groups excluding carboxylic acids is 2. The zero-order valence-electron chi connectivity index (χ0n) is 18.9. The van der Waals surface area contributed by atoms with Crippen molar-refractivity contribution >= 4 is 17.3 Å². The zero-order chi connectivity index (χ0) is 22.6. The predicted molar refractivity (Wildman–Crippen MR) is 115 cm³/mol. The van der Waals surface area contributed by atoms with Gasteiger partial charge < -0.3 is 14.9 Å². The van der Waals surface area contributed by atoms with Gasteiger partial charge in [-0.1, -0.05) is 40.7 Å². The fourth-order valence-corrected chi connectivity index (χ4v) is 4.01. The van der Waals surface area contributed by atoms with Gasteiger partial charge in [0, 0.05) is 12.1 Å². The average molecular weight is 418 g/mol. The van der Waals surface area contributed by atoms with E-state index < -0.39 is 29.5 Å². The monoisotopic (exact) mass is 417 g/mol. The molecule has 30 heavy (non-hydrogen) atoms. The van der Waals surface area contributed by atoms with Crippen molar-refractivity contribution in [3.05, 3.63) is 35.7 Å². The Balaban J connectivity index is 2.00. The molecule has 0 aromatic carbocycles. The summed E-state index contributed by atoms with van der Waals surface area (Å²) in [6.45, 7) is 10.5. The van der Waals surface area contributed by atoms with Gasteiger partial charge in [-0.25, -0.2) is 0 Å². The molecule has 0 radical (unpaired) electrons. The maximum Gasteiger partial charge on any atom is 0.309 e. The zero-order valence-corrected chi connectivity index (χ0v) is 18.9. The standard InChI is InChI=1S/C24H35NO5/c1-14(2)22(28)16(4)23(29)24(5,6)20(26)13-21(27)30-19-11-10-17(15(19)3)18-9-7-8-12-25-18/h7-9,12,14,16,19-20,22,26,28H,10-11,13H2,1-6H3. The smallest absolute Gasteiger partial charge is 0.309 e. The van der Waals surface area contributed by atoms with Gasteiger partial charge in [0.2, 0.25) is 0 Å². The summed E-state index contributed by atoms with van der Waals surface area (Å²) < 4.78 is 5.62.